The smallest absolute Gasteiger partial charge is 0.342 e. The van der Waals surface area contributed by atoms with Gasteiger partial charge in [-0.05, 0) is 49.4 Å². The number of ketones is 1. The van der Waals surface area contributed by atoms with E-state index in [9.17, 15) is 9.59 Å². The van der Waals surface area contributed by atoms with Crippen molar-refractivity contribution in [1.29, 1.82) is 0 Å². The van der Waals surface area contributed by atoms with Crippen molar-refractivity contribution in [2.75, 3.05) is 13.7 Å². The molecule has 0 saturated heterocycles. The fourth-order valence-corrected chi connectivity index (χ4v) is 2.32. The SMILES string of the molecule is COc1ccc2c(c1)OCC(C(=O)Oc1ccc(C(C)=O)cc1)=C2. The van der Waals surface area contributed by atoms with E-state index < -0.39 is 5.97 Å². The van der Waals surface area contributed by atoms with E-state index in [-0.39, 0.29) is 12.4 Å². The molecule has 0 fully saturated rings. The Morgan fingerprint density at radius 1 is 1.04 bits per heavy atom. The van der Waals surface area contributed by atoms with Crippen molar-refractivity contribution in [3.63, 3.8) is 0 Å². The van der Waals surface area contributed by atoms with Crippen molar-refractivity contribution in [2.45, 2.75) is 6.92 Å². The molecule has 0 radical (unpaired) electrons. The van der Waals surface area contributed by atoms with Crippen LogP contribution in [0.15, 0.2) is 48.0 Å². The minimum Gasteiger partial charge on any atom is -0.497 e. The normalized spacial score (nSPS) is 12.5. The van der Waals surface area contributed by atoms with E-state index in [0.29, 0.717) is 28.4 Å². The van der Waals surface area contributed by atoms with Crippen molar-refractivity contribution in [3.8, 4) is 17.2 Å². The molecule has 0 amide bonds. The van der Waals surface area contributed by atoms with E-state index in [1.807, 2.05) is 6.07 Å². The summed E-state index contributed by atoms with van der Waals surface area (Å²) in [5.41, 5.74) is 1.78. The standard InChI is InChI=1S/C19H16O5/c1-12(20)13-3-6-16(7-4-13)24-19(21)15-9-14-5-8-17(22-2)10-18(14)23-11-15/h3-10H,11H2,1-2H3. The van der Waals surface area contributed by atoms with Gasteiger partial charge in [0.15, 0.2) is 5.78 Å². The number of esters is 1. The molecule has 0 aromatic heterocycles. The minimum absolute atomic E-state index is 0.0386. The number of hydrogen-bond acceptors (Lipinski definition) is 5. The summed E-state index contributed by atoms with van der Waals surface area (Å²) >= 11 is 0. The fourth-order valence-electron chi connectivity index (χ4n) is 2.32. The Hall–Kier alpha value is -3.08. The fraction of sp³-hybridized carbons (Fsp3) is 0.158. The van der Waals surface area contributed by atoms with Crippen LogP contribution >= 0.6 is 0 Å². The summed E-state index contributed by atoms with van der Waals surface area (Å²) in [5, 5.41) is 0. The molecule has 1 aliphatic rings. The Morgan fingerprint density at radius 3 is 2.42 bits per heavy atom. The van der Waals surface area contributed by atoms with E-state index in [0.717, 1.165) is 5.56 Å². The van der Waals surface area contributed by atoms with Crippen LogP contribution in [0.3, 0.4) is 0 Å². The molecule has 24 heavy (non-hydrogen) atoms. The average Bonchev–Trinajstić information content (AvgIpc) is 2.61. The van der Waals surface area contributed by atoms with Crippen molar-refractivity contribution in [1.82, 2.24) is 0 Å². The molecule has 0 bridgehead atoms. The predicted molar refractivity (Wildman–Crippen MR) is 88.5 cm³/mol. The molecule has 0 unspecified atom stereocenters. The first kappa shape index (κ1) is 15.8. The molecule has 0 saturated carbocycles. The molecule has 1 aliphatic heterocycles. The molecular weight excluding hydrogens is 308 g/mol. The van der Waals surface area contributed by atoms with Gasteiger partial charge in [0, 0.05) is 17.2 Å². The minimum atomic E-state index is -0.480. The van der Waals surface area contributed by atoms with Gasteiger partial charge in [-0.15, -0.1) is 0 Å². The van der Waals surface area contributed by atoms with Gasteiger partial charge in [0.2, 0.25) is 0 Å². The summed E-state index contributed by atoms with van der Waals surface area (Å²) in [6.07, 6.45) is 1.74. The van der Waals surface area contributed by atoms with Crippen LogP contribution in [0.5, 0.6) is 17.2 Å². The summed E-state index contributed by atoms with van der Waals surface area (Å²) in [4.78, 5) is 23.5. The molecule has 1 heterocycles. The molecule has 2 aromatic carbocycles. The second kappa shape index (κ2) is 6.58. The molecule has 2 aromatic rings. The number of benzene rings is 2. The maximum atomic E-state index is 12.3. The zero-order chi connectivity index (χ0) is 17.1. The van der Waals surface area contributed by atoms with E-state index in [4.69, 9.17) is 14.2 Å². The number of hydrogen-bond donors (Lipinski definition) is 0. The second-order valence-corrected chi connectivity index (χ2v) is 5.33. The van der Waals surface area contributed by atoms with Crippen LogP contribution in [0.1, 0.15) is 22.8 Å². The van der Waals surface area contributed by atoms with Gasteiger partial charge in [-0.3, -0.25) is 4.79 Å². The van der Waals surface area contributed by atoms with Gasteiger partial charge in [0.25, 0.3) is 0 Å². The molecule has 0 aliphatic carbocycles. The van der Waals surface area contributed by atoms with Crippen LogP contribution in [0.25, 0.3) is 6.08 Å². The van der Waals surface area contributed by atoms with Crippen molar-refractivity contribution < 1.29 is 23.8 Å². The van der Waals surface area contributed by atoms with Gasteiger partial charge < -0.3 is 14.2 Å². The van der Waals surface area contributed by atoms with Gasteiger partial charge in [-0.2, -0.15) is 0 Å². The largest absolute Gasteiger partial charge is 0.497 e. The van der Waals surface area contributed by atoms with Crippen molar-refractivity contribution >= 4 is 17.8 Å². The lowest BCUT2D eigenvalue weighted by Gasteiger charge is -2.17. The van der Waals surface area contributed by atoms with Gasteiger partial charge in [-0.25, -0.2) is 4.79 Å². The van der Waals surface area contributed by atoms with Crippen LogP contribution in [0.2, 0.25) is 0 Å². The number of fused-ring (bicyclic) bond motifs is 1. The van der Waals surface area contributed by atoms with E-state index >= 15 is 0 Å². The highest BCUT2D eigenvalue weighted by Gasteiger charge is 2.19. The Balaban J connectivity index is 1.75. The zero-order valence-electron chi connectivity index (χ0n) is 13.4. The summed E-state index contributed by atoms with van der Waals surface area (Å²) in [6, 6.07) is 11.8. The third-order valence-electron chi connectivity index (χ3n) is 3.67. The number of ether oxygens (including phenoxy) is 3. The number of carbonyl (C=O) groups is 2. The van der Waals surface area contributed by atoms with Crippen LogP contribution in [0, 0.1) is 0 Å². The van der Waals surface area contributed by atoms with Gasteiger partial charge in [-0.1, -0.05) is 0 Å². The Kier molecular flexibility index (Phi) is 4.33. The molecule has 0 spiro atoms. The van der Waals surface area contributed by atoms with Crippen molar-refractivity contribution in [3.05, 3.63) is 59.2 Å². The lowest BCUT2D eigenvalue weighted by Crippen LogP contribution is -2.19. The summed E-state index contributed by atoms with van der Waals surface area (Å²) in [5.74, 6) is 1.22. The lowest BCUT2D eigenvalue weighted by molar-refractivity contribution is -0.130. The number of carbonyl (C=O) groups excluding carboxylic acids is 2. The van der Waals surface area contributed by atoms with Crippen LogP contribution in [-0.2, 0) is 4.79 Å². The molecule has 3 rings (SSSR count). The maximum absolute atomic E-state index is 12.3. The molecule has 0 atom stereocenters. The first-order chi connectivity index (χ1) is 11.6. The average molecular weight is 324 g/mol. The summed E-state index contributed by atoms with van der Waals surface area (Å²) in [7, 11) is 1.58. The summed E-state index contributed by atoms with van der Waals surface area (Å²) in [6.45, 7) is 1.61. The first-order valence-electron chi connectivity index (χ1n) is 7.41. The number of Topliss-reactive ketones (excluding diaryl/α,β-unsaturated/α-hetero) is 1. The van der Waals surface area contributed by atoms with Gasteiger partial charge in [0.05, 0.1) is 12.7 Å². The topological polar surface area (TPSA) is 61.8 Å². The Labute approximate surface area is 139 Å². The highest BCUT2D eigenvalue weighted by atomic mass is 16.5. The van der Waals surface area contributed by atoms with Crippen molar-refractivity contribution in [2.24, 2.45) is 0 Å². The molecule has 122 valence electrons. The maximum Gasteiger partial charge on any atom is 0.342 e. The molecule has 5 heteroatoms. The molecule has 0 N–H and O–H groups in total. The van der Waals surface area contributed by atoms with Crippen LogP contribution in [-0.4, -0.2) is 25.5 Å². The summed E-state index contributed by atoms with van der Waals surface area (Å²) < 4.78 is 16.1. The monoisotopic (exact) mass is 324 g/mol. The third-order valence-corrected chi connectivity index (χ3v) is 3.67. The Bertz CT molecular complexity index is 818. The third kappa shape index (κ3) is 3.30. The van der Waals surface area contributed by atoms with Gasteiger partial charge in [0.1, 0.15) is 23.9 Å². The molecular formula is C19H16O5. The highest BCUT2D eigenvalue weighted by molar-refractivity contribution is 5.97. The lowest BCUT2D eigenvalue weighted by atomic mass is 10.1. The second-order valence-electron chi connectivity index (χ2n) is 5.33. The quantitative estimate of drug-likeness (QED) is 0.491. The molecule has 5 nitrogen and oxygen atoms in total. The predicted octanol–water partition coefficient (Wildman–Crippen LogP) is 3.28. The van der Waals surface area contributed by atoms with E-state index in [1.54, 1.807) is 49.6 Å². The van der Waals surface area contributed by atoms with Crippen LogP contribution < -0.4 is 14.2 Å². The Morgan fingerprint density at radius 2 is 1.75 bits per heavy atom. The number of methoxy groups -OCH3 is 1. The zero-order valence-corrected chi connectivity index (χ0v) is 13.4. The highest BCUT2D eigenvalue weighted by Crippen LogP contribution is 2.30. The van der Waals surface area contributed by atoms with E-state index in [1.165, 1.54) is 6.92 Å². The number of rotatable bonds is 4. The first-order valence-corrected chi connectivity index (χ1v) is 7.41. The van der Waals surface area contributed by atoms with Crippen LogP contribution in [0.4, 0.5) is 0 Å². The van der Waals surface area contributed by atoms with E-state index in [2.05, 4.69) is 0 Å². The van der Waals surface area contributed by atoms with Gasteiger partial charge >= 0.3 is 5.97 Å².